The number of anilines is 3. The van der Waals surface area contributed by atoms with Gasteiger partial charge in [-0.05, 0) is 36.6 Å². The fourth-order valence-corrected chi connectivity index (χ4v) is 2.32. The molecule has 5 heteroatoms. The van der Waals surface area contributed by atoms with Crippen molar-refractivity contribution in [2.75, 3.05) is 29.6 Å². The highest BCUT2D eigenvalue weighted by Crippen LogP contribution is 2.32. The molecule has 0 spiro atoms. The first-order valence-electron chi connectivity index (χ1n) is 7.25. The van der Waals surface area contributed by atoms with Gasteiger partial charge >= 0.3 is 0 Å². The zero-order valence-electron chi connectivity index (χ0n) is 12.5. The van der Waals surface area contributed by atoms with E-state index >= 15 is 0 Å². The van der Waals surface area contributed by atoms with Crippen LogP contribution >= 0.6 is 0 Å². The third-order valence-corrected chi connectivity index (χ3v) is 3.64. The van der Waals surface area contributed by atoms with Crippen LogP contribution in [0.5, 0.6) is 0 Å². The Balaban J connectivity index is 1.84. The predicted octanol–water partition coefficient (Wildman–Crippen LogP) is 2.29. The summed E-state index contributed by atoms with van der Waals surface area (Å²) in [5, 5.41) is 0. The van der Waals surface area contributed by atoms with Crippen molar-refractivity contribution in [1.82, 2.24) is 9.97 Å². The van der Waals surface area contributed by atoms with E-state index in [9.17, 15) is 0 Å². The summed E-state index contributed by atoms with van der Waals surface area (Å²) in [6, 6.07) is 10.6. The molecule has 0 radical (unpaired) electrons. The van der Waals surface area contributed by atoms with Gasteiger partial charge in [0.2, 0.25) is 5.95 Å². The van der Waals surface area contributed by atoms with E-state index in [0.29, 0.717) is 6.04 Å². The molecule has 2 aromatic rings. The van der Waals surface area contributed by atoms with Gasteiger partial charge < -0.3 is 15.5 Å². The van der Waals surface area contributed by atoms with E-state index in [1.54, 1.807) is 0 Å². The molecule has 110 valence electrons. The Labute approximate surface area is 125 Å². The summed E-state index contributed by atoms with van der Waals surface area (Å²) in [5.74, 6) is 1.74. The molecule has 3 rings (SSSR count). The van der Waals surface area contributed by atoms with Gasteiger partial charge in [0.15, 0.2) is 0 Å². The number of nitrogens with zero attached hydrogens (tertiary/aromatic N) is 4. The number of hydrogen-bond acceptors (Lipinski definition) is 5. The highest BCUT2D eigenvalue weighted by Gasteiger charge is 2.30. The first-order chi connectivity index (χ1) is 10.1. The Bertz CT molecular complexity index is 604. The average Bonchev–Trinajstić information content (AvgIpc) is 3.31. The van der Waals surface area contributed by atoms with Crippen molar-refractivity contribution in [2.24, 2.45) is 0 Å². The summed E-state index contributed by atoms with van der Waals surface area (Å²) in [6.07, 6.45) is 4.29. The lowest BCUT2D eigenvalue weighted by atomic mass is 10.2. The minimum atomic E-state index is 0.590. The van der Waals surface area contributed by atoms with Gasteiger partial charge in [0.1, 0.15) is 5.82 Å². The molecule has 0 aliphatic heterocycles. The van der Waals surface area contributed by atoms with Crippen LogP contribution in [0.2, 0.25) is 0 Å². The van der Waals surface area contributed by atoms with E-state index in [1.807, 2.05) is 43.4 Å². The van der Waals surface area contributed by atoms with Crippen molar-refractivity contribution in [3.63, 3.8) is 0 Å². The van der Waals surface area contributed by atoms with E-state index in [1.165, 1.54) is 18.4 Å². The van der Waals surface area contributed by atoms with E-state index in [4.69, 9.17) is 5.73 Å². The molecule has 0 bridgehead atoms. The van der Waals surface area contributed by atoms with Gasteiger partial charge in [0.05, 0.1) is 0 Å². The van der Waals surface area contributed by atoms with Crippen molar-refractivity contribution in [3.05, 3.63) is 42.1 Å². The minimum absolute atomic E-state index is 0.590. The Morgan fingerprint density at radius 2 is 1.86 bits per heavy atom. The maximum Gasteiger partial charge on any atom is 0.226 e. The normalized spacial score (nSPS) is 14.0. The van der Waals surface area contributed by atoms with Crippen LogP contribution < -0.4 is 15.5 Å². The van der Waals surface area contributed by atoms with Gasteiger partial charge in [0.25, 0.3) is 0 Å². The average molecular weight is 283 g/mol. The Morgan fingerprint density at radius 1 is 1.14 bits per heavy atom. The number of rotatable bonds is 5. The summed E-state index contributed by atoms with van der Waals surface area (Å²) < 4.78 is 0. The quantitative estimate of drug-likeness (QED) is 0.853. The Morgan fingerprint density at radius 3 is 2.48 bits per heavy atom. The molecule has 2 N–H and O–H groups in total. The van der Waals surface area contributed by atoms with Gasteiger partial charge in [-0.25, -0.2) is 4.98 Å². The van der Waals surface area contributed by atoms with Crippen LogP contribution in [0.15, 0.2) is 36.5 Å². The molecular formula is C16H21N5. The molecule has 0 unspecified atom stereocenters. The van der Waals surface area contributed by atoms with Crippen LogP contribution in [0.4, 0.5) is 17.5 Å². The topological polar surface area (TPSA) is 58.3 Å². The van der Waals surface area contributed by atoms with Crippen LogP contribution in [0.25, 0.3) is 0 Å². The van der Waals surface area contributed by atoms with Crippen LogP contribution in [0, 0.1) is 0 Å². The maximum absolute atomic E-state index is 5.75. The fourth-order valence-electron chi connectivity index (χ4n) is 2.32. The van der Waals surface area contributed by atoms with Gasteiger partial charge in [-0.2, -0.15) is 4.98 Å². The lowest BCUT2D eigenvalue weighted by Crippen LogP contribution is -2.27. The van der Waals surface area contributed by atoms with Crippen LogP contribution in [0.1, 0.15) is 18.4 Å². The molecule has 1 heterocycles. The molecule has 1 saturated carbocycles. The first-order valence-corrected chi connectivity index (χ1v) is 7.25. The number of hydrogen-bond donors (Lipinski definition) is 1. The molecule has 0 atom stereocenters. The molecular weight excluding hydrogens is 262 g/mol. The highest BCUT2D eigenvalue weighted by molar-refractivity contribution is 5.47. The lowest BCUT2D eigenvalue weighted by Gasteiger charge is -2.24. The predicted molar refractivity (Wildman–Crippen MR) is 86.4 cm³/mol. The summed E-state index contributed by atoms with van der Waals surface area (Å²) in [6.45, 7) is 0.856. The number of benzene rings is 1. The minimum Gasteiger partial charge on any atom is -0.399 e. The third-order valence-electron chi connectivity index (χ3n) is 3.64. The molecule has 1 aliphatic rings. The summed E-state index contributed by atoms with van der Waals surface area (Å²) in [5.41, 5.74) is 7.80. The van der Waals surface area contributed by atoms with Crippen LogP contribution in [-0.2, 0) is 6.54 Å². The van der Waals surface area contributed by atoms with Crippen LogP contribution in [0.3, 0.4) is 0 Å². The Kier molecular flexibility index (Phi) is 3.64. The van der Waals surface area contributed by atoms with E-state index < -0.39 is 0 Å². The van der Waals surface area contributed by atoms with Crippen molar-refractivity contribution in [2.45, 2.75) is 25.4 Å². The Hall–Kier alpha value is -2.30. The van der Waals surface area contributed by atoms with Gasteiger partial charge in [0, 0.05) is 38.6 Å². The molecule has 1 aromatic carbocycles. The number of nitrogen functional groups attached to an aromatic ring is 1. The van der Waals surface area contributed by atoms with Crippen molar-refractivity contribution in [1.29, 1.82) is 0 Å². The molecule has 21 heavy (non-hydrogen) atoms. The zero-order chi connectivity index (χ0) is 14.8. The van der Waals surface area contributed by atoms with Gasteiger partial charge in [-0.3, -0.25) is 0 Å². The first kappa shape index (κ1) is 13.7. The van der Waals surface area contributed by atoms with Gasteiger partial charge in [-0.1, -0.05) is 12.1 Å². The number of nitrogens with two attached hydrogens (primary N) is 1. The van der Waals surface area contributed by atoms with Gasteiger partial charge in [-0.15, -0.1) is 0 Å². The standard InChI is InChI=1S/C16H21N5/c1-20(2)16-18-10-9-15(19-16)21(14-7-8-14)11-12-3-5-13(17)6-4-12/h3-6,9-10,14H,7-8,11,17H2,1-2H3. The summed E-state index contributed by atoms with van der Waals surface area (Å²) in [7, 11) is 3.92. The molecule has 1 aromatic heterocycles. The molecule has 0 saturated heterocycles. The second kappa shape index (κ2) is 5.60. The maximum atomic E-state index is 5.75. The molecule has 5 nitrogen and oxygen atoms in total. The fraction of sp³-hybridized carbons (Fsp3) is 0.375. The molecule has 0 amide bonds. The van der Waals surface area contributed by atoms with Crippen LogP contribution in [-0.4, -0.2) is 30.1 Å². The highest BCUT2D eigenvalue weighted by atomic mass is 15.3. The third kappa shape index (κ3) is 3.24. The summed E-state index contributed by atoms with van der Waals surface area (Å²) in [4.78, 5) is 13.2. The number of aromatic nitrogens is 2. The summed E-state index contributed by atoms with van der Waals surface area (Å²) >= 11 is 0. The SMILES string of the molecule is CN(C)c1nccc(N(Cc2ccc(N)cc2)C2CC2)n1. The lowest BCUT2D eigenvalue weighted by molar-refractivity contribution is 0.773. The van der Waals surface area contributed by atoms with E-state index in [-0.39, 0.29) is 0 Å². The monoisotopic (exact) mass is 283 g/mol. The molecule has 1 aliphatic carbocycles. The zero-order valence-corrected chi connectivity index (χ0v) is 12.5. The largest absolute Gasteiger partial charge is 0.399 e. The van der Waals surface area contributed by atoms with Crippen molar-refractivity contribution < 1.29 is 0 Å². The van der Waals surface area contributed by atoms with Crippen molar-refractivity contribution in [3.8, 4) is 0 Å². The van der Waals surface area contributed by atoms with Crippen molar-refractivity contribution >= 4 is 17.5 Å². The second-order valence-electron chi connectivity index (χ2n) is 5.71. The smallest absolute Gasteiger partial charge is 0.226 e. The van der Waals surface area contributed by atoms with E-state index in [0.717, 1.165) is 24.0 Å². The van der Waals surface area contributed by atoms with E-state index in [2.05, 4.69) is 27.0 Å². The second-order valence-corrected chi connectivity index (χ2v) is 5.71. The molecule has 1 fully saturated rings.